The molecule has 1 N–H and O–H groups in total. The Morgan fingerprint density at radius 1 is 1.06 bits per heavy atom. The number of nitrogens with zero attached hydrogens (tertiary/aromatic N) is 4. The van der Waals surface area contributed by atoms with Gasteiger partial charge in [-0.25, -0.2) is 18.7 Å². The minimum atomic E-state index is -2.64. The summed E-state index contributed by atoms with van der Waals surface area (Å²) in [7, 11) is 0. The van der Waals surface area contributed by atoms with Crippen LogP contribution in [0.2, 0.25) is 0 Å². The van der Waals surface area contributed by atoms with Crippen LogP contribution in [0.15, 0.2) is 67.1 Å². The molecule has 0 saturated carbocycles. The minimum absolute atomic E-state index is 0.260. The third kappa shape index (κ3) is 4.55. The second-order valence-electron chi connectivity index (χ2n) is 7.86. The SMILES string of the molecule is O=C1Nc2cccc(n2)-c2nccn2CCCOCc2ccc(-c3ccc(C(F)F)nc3)cc21. The Morgan fingerprint density at radius 3 is 2.76 bits per heavy atom. The average Bonchev–Trinajstić information content (AvgIpc) is 3.32. The molecule has 0 spiro atoms. The summed E-state index contributed by atoms with van der Waals surface area (Å²) in [5.41, 5.74) is 2.82. The van der Waals surface area contributed by atoms with E-state index in [1.807, 2.05) is 35.0 Å². The lowest BCUT2D eigenvalue weighted by atomic mass is 9.99. The standard InChI is InChI=1S/C25H21F2N5O2/c26-23(27)20-8-7-17(14-29-20)16-5-6-18-15-34-12-2-10-32-11-9-28-24(32)21-3-1-4-22(30-21)31-25(33)19(18)13-16/h1,3-9,11,13-14,23H,2,10,12,15H2,(H,30,31,33). The van der Waals surface area contributed by atoms with Gasteiger partial charge in [0.05, 0.1) is 6.61 Å². The van der Waals surface area contributed by atoms with Crippen molar-refractivity contribution in [2.75, 3.05) is 11.9 Å². The number of pyridine rings is 2. The third-order valence-electron chi connectivity index (χ3n) is 5.58. The molecular weight excluding hydrogens is 440 g/mol. The number of hydrogen-bond acceptors (Lipinski definition) is 5. The van der Waals surface area contributed by atoms with Crippen LogP contribution in [-0.4, -0.2) is 32.0 Å². The van der Waals surface area contributed by atoms with Gasteiger partial charge < -0.3 is 14.6 Å². The Balaban J connectivity index is 1.51. The number of benzene rings is 1. The van der Waals surface area contributed by atoms with Crippen LogP contribution in [0.1, 0.15) is 34.5 Å². The van der Waals surface area contributed by atoms with E-state index in [1.165, 1.54) is 12.3 Å². The fourth-order valence-electron chi connectivity index (χ4n) is 3.85. The number of amides is 1. The van der Waals surface area contributed by atoms with Gasteiger partial charge in [-0.3, -0.25) is 9.78 Å². The Kier molecular flexibility index (Phi) is 6.09. The number of rotatable bonds is 2. The van der Waals surface area contributed by atoms with Gasteiger partial charge in [0, 0.05) is 42.9 Å². The highest BCUT2D eigenvalue weighted by Gasteiger charge is 2.17. The Hall–Kier alpha value is -3.98. The van der Waals surface area contributed by atoms with Crippen molar-refractivity contribution in [2.24, 2.45) is 0 Å². The molecule has 0 atom stereocenters. The van der Waals surface area contributed by atoms with Crippen LogP contribution in [0.5, 0.6) is 0 Å². The summed E-state index contributed by atoms with van der Waals surface area (Å²) in [5, 5.41) is 2.86. The summed E-state index contributed by atoms with van der Waals surface area (Å²) in [6, 6.07) is 13.6. The molecule has 1 aliphatic heterocycles. The van der Waals surface area contributed by atoms with Gasteiger partial charge in [-0.2, -0.15) is 0 Å². The Labute approximate surface area is 194 Å². The lowest BCUT2D eigenvalue weighted by Crippen LogP contribution is -2.17. The molecule has 1 aromatic carbocycles. The quantitative estimate of drug-likeness (QED) is 0.448. The van der Waals surface area contributed by atoms with Crippen LogP contribution in [0.25, 0.3) is 22.6 Å². The number of halogens is 2. The van der Waals surface area contributed by atoms with Gasteiger partial charge in [0.15, 0.2) is 5.82 Å². The summed E-state index contributed by atoms with van der Waals surface area (Å²) in [5.74, 6) is 0.771. The zero-order valence-electron chi connectivity index (χ0n) is 18.1. The first-order valence-electron chi connectivity index (χ1n) is 10.8. The van der Waals surface area contributed by atoms with Crippen LogP contribution in [0.3, 0.4) is 0 Å². The van der Waals surface area contributed by atoms with Crippen molar-refractivity contribution in [2.45, 2.75) is 26.0 Å². The fourth-order valence-corrected chi connectivity index (χ4v) is 3.85. The number of aromatic nitrogens is 4. The number of fused-ring (bicyclic) bond motifs is 5. The number of carbonyl (C=O) groups excluding carboxylic acids is 1. The van der Waals surface area contributed by atoms with Crippen molar-refractivity contribution in [1.29, 1.82) is 0 Å². The first kappa shape index (κ1) is 21.8. The number of carbonyl (C=O) groups is 1. The lowest BCUT2D eigenvalue weighted by molar-refractivity contribution is 0.1000. The first-order valence-corrected chi connectivity index (χ1v) is 10.8. The van der Waals surface area contributed by atoms with Gasteiger partial charge >= 0.3 is 0 Å². The maximum atomic E-state index is 13.3. The molecule has 4 aromatic rings. The maximum Gasteiger partial charge on any atom is 0.280 e. The Bertz CT molecular complexity index is 1320. The summed E-state index contributed by atoms with van der Waals surface area (Å²) in [6.45, 7) is 1.49. The average molecular weight is 461 g/mol. The van der Waals surface area contributed by atoms with Gasteiger partial charge in [-0.05, 0) is 41.8 Å². The van der Waals surface area contributed by atoms with Gasteiger partial charge in [-0.15, -0.1) is 0 Å². The largest absolute Gasteiger partial charge is 0.377 e. The molecule has 7 nitrogen and oxygen atoms in total. The molecule has 34 heavy (non-hydrogen) atoms. The smallest absolute Gasteiger partial charge is 0.280 e. The number of anilines is 1. The Morgan fingerprint density at radius 2 is 1.94 bits per heavy atom. The van der Waals surface area contributed by atoms with Gasteiger partial charge in [0.25, 0.3) is 12.3 Å². The fraction of sp³-hybridized carbons (Fsp3) is 0.200. The highest BCUT2D eigenvalue weighted by molar-refractivity contribution is 6.05. The van der Waals surface area contributed by atoms with Crippen molar-refractivity contribution in [1.82, 2.24) is 19.5 Å². The van der Waals surface area contributed by atoms with E-state index < -0.39 is 6.43 Å². The predicted octanol–water partition coefficient (Wildman–Crippen LogP) is 5.12. The van der Waals surface area contributed by atoms with Crippen molar-refractivity contribution in [3.63, 3.8) is 0 Å². The van der Waals surface area contributed by atoms with E-state index in [-0.39, 0.29) is 18.2 Å². The number of aryl methyl sites for hydroxylation is 1. The molecule has 0 radical (unpaired) electrons. The zero-order chi connectivity index (χ0) is 23.5. The summed E-state index contributed by atoms with van der Waals surface area (Å²) < 4.78 is 33.6. The topological polar surface area (TPSA) is 81.9 Å². The summed E-state index contributed by atoms with van der Waals surface area (Å²) >= 11 is 0. The summed E-state index contributed by atoms with van der Waals surface area (Å²) in [6.07, 6.45) is 3.14. The van der Waals surface area contributed by atoms with Crippen molar-refractivity contribution in [3.8, 4) is 22.6 Å². The van der Waals surface area contributed by atoms with E-state index >= 15 is 0 Å². The monoisotopic (exact) mass is 461 g/mol. The minimum Gasteiger partial charge on any atom is -0.377 e. The molecular formula is C25H21F2N5O2. The number of imidazole rings is 1. The molecule has 5 rings (SSSR count). The van der Waals surface area contributed by atoms with Crippen molar-refractivity contribution >= 4 is 11.7 Å². The molecule has 2 bridgehead atoms. The van der Waals surface area contributed by atoms with E-state index in [0.29, 0.717) is 34.8 Å². The van der Waals surface area contributed by atoms with Crippen molar-refractivity contribution < 1.29 is 18.3 Å². The van der Waals surface area contributed by atoms with E-state index in [9.17, 15) is 13.6 Å². The molecule has 9 heteroatoms. The maximum absolute atomic E-state index is 13.3. The first-order chi connectivity index (χ1) is 16.6. The second kappa shape index (κ2) is 9.48. The van der Waals surface area contributed by atoms with Gasteiger partial charge in [-0.1, -0.05) is 24.3 Å². The van der Waals surface area contributed by atoms with E-state index in [0.717, 1.165) is 24.4 Å². The number of alkyl halides is 2. The zero-order valence-corrected chi connectivity index (χ0v) is 18.1. The summed E-state index contributed by atoms with van der Waals surface area (Å²) in [4.78, 5) is 26.1. The number of ether oxygens (including phenoxy) is 1. The van der Waals surface area contributed by atoms with Crippen molar-refractivity contribution in [3.05, 3.63) is 83.9 Å². The molecule has 0 aliphatic carbocycles. The number of nitrogens with one attached hydrogen (secondary N) is 1. The van der Waals surface area contributed by atoms with E-state index in [2.05, 4.69) is 20.3 Å². The molecule has 172 valence electrons. The molecule has 0 saturated heterocycles. The second-order valence-corrected chi connectivity index (χ2v) is 7.86. The molecule has 0 unspecified atom stereocenters. The van der Waals surface area contributed by atoms with Crippen LogP contribution >= 0.6 is 0 Å². The highest BCUT2D eigenvalue weighted by atomic mass is 19.3. The van der Waals surface area contributed by atoms with Crippen LogP contribution in [0.4, 0.5) is 14.6 Å². The van der Waals surface area contributed by atoms with E-state index in [1.54, 1.807) is 24.4 Å². The van der Waals surface area contributed by atoms with E-state index in [4.69, 9.17) is 4.74 Å². The third-order valence-corrected chi connectivity index (χ3v) is 5.58. The molecule has 3 aromatic heterocycles. The van der Waals surface area contributed by atoms with Crippen LogP contribution in [0, 0.1) is 0 Å². The van der Waals surface area contributed by atoms with Crippen LogP contribution < -0.4 is 5.32 Å². The molecule has 1 amide bonds. The predicted molar refractivity (Wildman–Crippen MR) is 122 cm³/mol. The molecule has 4 heterocycles. The number of hydrogen-bond donors (Lipinski definition) is 1. The molecule has 0 fully saturated rings. The normalized spacial score (nSPS) is 14.1. The highest BCUT2D eigenvalue weighted by Crippen LogP contribution is 2.26. The van der Waals surface area contributed by atoms with Gasteiger partial charge in [0.2, 0.25) is 0 Å². The lowest BCUT2D eigenvalue weighted by Gasteiger charge is -2.15. The van der Waals surface area contributed by atoms with Crippen LogP contribution in [-0.2, 0) is 17.9 Å². The molecule has 1 aliphatic rings. The van der Waals surface area contributed by atoms with Gasteiger partial charge in [0.1, 0.15) is 17.2 Å².